The van der Waals surface area contributed by atoms with Crippen molar-refractivity contribution in [1.29, 1.82) is 0 Å². The Bertz CT molecular complexity index is 1330. The lowest BCUT2D eigenvalue weighted by atomic mass is 10.2. The van der Waals surface area contributed by atoms with Crippen LogP contribution in [0.5, 0.6) is 0 Å². The lowest BCUT2D eigenvalue weighted by molar-refractivity contribution is 0.669. The maximum absolute atomic E-state index is 3.74. The molecule has 0 aromatic carbocycles. The minimum absolute atomic E-state index is 0.778. The van der Waals surface area contributed by atoms with Gasteiger partial charge in [-0.3, -0.25) is 10.3 Å². The first-order valence-corrected chi connectivity index (χ1v) is 29.7. The van der Waals surface area contributed by atoms with E-state index in [2.05, 4.69) is 104 Å². The van der Waals surface area contributed by atoms with Crippen LogP contribution in [-0.2, 0) is 0 Å². The van der Waals surface area contributed by atoms with Gasteiger partial charge in [0.1, 0.15) is 6.34 Å². The molecule has 10 heterocycles. The predicted octanol–water partition coefficient (Wildman–Crippen LogP) is 15.0. The summed E-state index contributed by atoms with van der Waals surface area (Å²) in [6.07, 6.45) is 63.0. The zero-order valence-electron chi connectivity index (χ0n) is 53.9. The Kier molecular flexibility index (Phi) is 154. The van der Waals surface area contributed by atoms with Crippen LogP contribution in [0.15, 0.2) is 194 Å². The third-order valence-corrected chi connectivity index (χ3v) is 6.69. The van der Waals surface area contributed by atoms with Crippen LogP contribution in [0.1, 0.15) is 164 Å². The number of hydrogen-bond acceptors (Lipinski definition) is 13. The van der Waals surface area contributed by atoms with Crippen LogP contribution in [-0.4, -0.2) is 70.1 Å². The first-order chi connectivity index (χ1) is 39.0. The van der Waals surface area contributed by atoms with Gasteiger partial charge in [0, 0.05) is 101 Å². The smallest absolute Gasteiger partial charge is 0.109 e. The van der Waals surface area contributed by atoms with E-state index in [0.717, 1.165) is 59.0 Å². The zero-order chi connectivity index (χ0) is 61.0. The third-order valence-electron chi connectivity index (χ3n) is 6.69. The number of nitrogens with one attached hydrogen (secondary N) is 12. The number of nitrogens with zero attached hydrogens (tertiary/aromatic N) is 2. The van der Waals surface area contributed by atoms with E-state index in [0.29, 0.717) is 0 Å². The van der Waals surface area contributed by atoms with E-state index in [1.807, 2.05) is 292 Å². The SMILES string of the molecule is C1=CC=CNC=C1.C1=CCCNC=C1.C1=CCNC=C1.C1=CNC=CN1.C1=CNCC1.C1=CNCCC1.C1=CNCN1.C1=CNCNC1.C1=NC=NC1.CC.CC.CC.CC.CC.CC.CC.CC.CC.CC.c1cc[nH]c1. The second-order valence-corrected chi connectivity index (χ2v) is 11.5. The van der Waals surface area contributed by atoms with Gasteiger partial charge in [0.15, 0.2) is 0 Å². The van der Waals surface area contributed by atoms with Crippen LogP contribution >= 0.6 is 0 Å². The highest BCUT2D eigenvalue weighted by Crippen LogP contribution is 1.92. The summed E-state index contributed by atoms with van der Waals surface area (Å²) in [5.41, 5.74) is 0. The molecule has 12 N–H and O–H groups in total. The van der Waals surface area contributed by atoms with Gasteiger partial charge < -0.3 is 58.2 Å². The first-order valence-electron chi connectivity index (χ1n) is 29.7. The van der Waals surface area contributed by atoms with Crippen LogP contribution in [0.3, 0.4) is 0 Å². The van der Waals surface area contributed by atoms with Crippen molar-refractivity contribution < 1.29 is 0 Å². The molecule has 0 aliphatic carbocycles. The van der Waals surface area contributed by atoms with Crippen LogP contribution in [0, 0.1) is 0 Å². The van der Waals surface area contributed by atoms with Crippen molar-refractivity contribution in [2.75, 3.05) is 52.6 Å². The molecule has 0 spiro atoms. The summed E-state index contributed by atoms with van der Waals surface area (Å²) < 4.78 is 0. The summed E-state index contributed by atoms with van der Waals surface area (Å²) >= 11 is 0. The topological polar surface area (TPSA) is 173 Å². The highest BCUT2D eigenvalue weighted by molar-refractivity contribution is 5.79. The van der Waals surface area contributed by atoms with Crippen LogP contribution < -0.4 is 58.5 Å². The average Bonchev–Trinajstić information content (AvgIpc) is 4.48. The molecule has 1 aromatic rings. The Balaban J connectivity index is -0.0000000796. The lowest BCUT2D eigenvalue weighted by Gasteiger charge is -2.05. The average molecular weight is 1090 g/mol. The maximum Gasteiger partial charge on any atom is 0.109 e. The molecule has 0 radical (unpaired) electrons. The molecule has 0 bridgehead atoms. The number of allylic oxidation sites excluding steroid dienone is 9. The normalized spacial score (nSPS) is 13.5. The van der Waals surface area contributed by atoms with E-state index < -0.39 is 0 Å². The summed E-state index contributed by atoms with van der Waals surface area (Å²) in [5.74, 6) is 0. The molecule has 0 atom stereocenters. The largest absolute Gasteiger partial charge is 0.391 e. The van der Waals surface area contributed by atoms with Gasteiger partial charge in [-0.15, -0.1) is 0 Å². The Hall–Kier alpha value is -6.80. The second kappa shape index (κ2) is 128. The molecule has 454 valence electrons. The summed E-state index contributed by atoms with van der Waals surface area (Å²) in [4.78, 5) is 10.3. The van der Waals surface area contributed by atoms with Crippen molar-refractivity contribution in [3.05, 3.63) is 184 Å². The first kappa shape index (κ1) is 93.7. The molecular weight excluding hydrogens is 965 g/mol. The fourth-order valence-electron chi connectivity index (χ4n) is 3.89. The molecule has 0 unspecified atom stereocenters. The number of aromatic nitrogens is 1. The minimum Gasteiger partial charge on any atom is -0.391 e. The Morgan fingerprint density at radius 2 is 0.756 bits per heavy atom. The lowest BCUT2D eigenvalue weighted by Crippen LogP contribution is -2.29. The summed E-state index contributed by atoms with van der Waals surface area (Å²) in [5, 5.41) is 32.9. The number of dihydropyridines is 1. The van der Waals surface area contributed by atoms with Gasteiger partial charge in [-0.1, -0.05) is 193 Å². The van der Waals surface area contributed by atoms with Gasteiger partial charge in [-0.25, -0.2) is 4.99 Å². The molecule has 0 amide bonds. The van der Waals surface area contributed by atoms with Gasteiger partial charge in [-0.05, 0) is 93.1 Å². The van der Waals surface area contributed by atoms with Crippen molar-refractivity contribution in [1.82, 2.24) is 63.5 Å². The highest BCUT2D eigenvalue weighted by atomic mass is 15.1. The predicted molar refractivity (Wildman–Crippen MR) is 362 cm³/mol. The highest BCUT2D eigenvalue weighted by Gasteiger charge is 1.85. The number of H-pyrrole nitrogens is 1. The van der Waals surface area contributed by atoms with Crippen LogP contribution in [0.2, 0.25) is 0 Å². The van der Waals surface area contributed by atoms with Crippen molar-refractivity contribution in [3.63, 3.8) is 0 Å². The third kappa shape index (κ3) is 123. The van der Waals surface area contributed by atoms with Gasteiger partial charge in [0.05, 0.1) is 19.9 Å². The Morgan fingerprint density at radius 3 is 1.00 bits per heavy atom. The van der Waals surface area contributed by atoms with Crippen molar-refractivity contribution in [2.45, 2.75) is 164 Å². The molecule has 78 heavy (non-hydrogen) atoms. The van der Waals surface area contributed by atoms with E-state index in [1.165, 1.54) is 19.3 Å². The number of aliphatic imine (C=N–C) groups is 2. The molecule has 9 aliphatic heterocycles. The number of aromatic amines is 1. The van der Waals surface area contributed by atoms with Crippen molar-refractivity contribution in [2.24, 2.45) is 9.98 Å². The van der Waals surface area contributed by atoms with E-state index >= 15 is 0 Å². The summed E-state index contributed by atoms with van der Waals surface area (Å²) in [6.45, 7) is 47.9. The summed E-state index contributed by atoms with van der Waals surface area (Å²) in [7, 11) is 0. The standard InChI is InChI=1S/C6H9N.C6H7N.C5H9N.C5H7N.C4H6N2.C4H8N2.C4H7N.C4H5N.C3H6N2.C3H4N2.10C2H6/c2*1-2-4-6-7-5-3-1;2*1-2-4-6-5-3-1;1-2-6-4-3-5-1;1-2-5-4-6-3-1;2*1-2-4-5-3-1;2*1-2-5-3-4-1;10*1-2/h1-3,5,7H,4,6H2;1-7H;2,4,6H,1,3,5H2;1-4,6H,5H2;1-6H;1-2,5-6H,3-4H2;1,3,5H,2,4H2;1-5H;1-2,4-5H,3H2;1,3H,2H2;10*1-2H3. The number of rotatable bonds is 0. The van der Waals surface area contributed by atoms with E-state index in [-0.39, 0.29) is 0 Å². The van der Waals surface area contributed by atoms with Crippen LogP contribution in [0.25, 0.3) is 0 Å². The monoisotopic (exact) mass is 1090 g/mol. The molecule has 9 aliphatic rings. The quantitative estimate of drug-likeness (QED) is 0.119. The van der Waals surface area contributed by atoms with Gasteiger partial charge in [-0.2, -0.15) is 0 Å². The molecule has 0 fully saturated rings. The fraction of sp³-hybridized carbons (Fsp3) is 0.500. The molecular formula is C64H128N14. The van der Waals surface area contributed by atoms with E-state index in [9.17, 15) is 0 Å². The van der Waals surface area contributed by atoms with Crippen molar-refractivity contribution in [3.8, 4) is 0 Å². The molecule has 14 heteroatoms. The summed E-state index contributed by atoms with van der Waals surface area (Å²) in [6, 6.07) is 3.89. The van der Waals surface area contributed by atoms with E-state index in [4.69, 9.17) is 0 Å². The second-order valence-electron chi connectivity index (χ2n) is 11.5. The van der Waals surface area contributed by atoms with Gasteiger partial charge >= 0.3 is 0 Å². The van der Waals surface area contributed by atoms with Crippen molar-refractivity contribution >= 4 is 12.6 Å². The molecule has 1 aromatic heterocycles. The van der Waals surface area contributed by atoms with E-state index in [1.54, 1.807) is 12.6 Å². The fourth-order valence-corrected chi connectivity index (χ4v) is 3.89. The number of hydrogen-bond donors (Lipinski definition) is 12. The molecule has 10 rings (SSSR count). The molecule has 0 saturated carbocycles. The Labute approximate surface area is 484 Å². The zero-order valence-corrected chi connectivity index (χ0v) is 53.9. The van der Waals surface area contributed by atoms with Gasteiger partial charge in [0.25, 0.3) is 0 Å². The van der Waals surface area contributed by atoms with Crippen LogP contribution in [0.4, 0.5) is 0 Å². The molecule has 14 nitrogen and oxygen atoms in total. The van der Waals surface area contributed by atoms with Gasteiger partial charge in [0.2, 0.25) is 0 Å². The minimum atomic E-state index is 0.778. The Morgan fingerprint density at radius 1 is 0.321 bits per heavy atom. The molecule has 0 saturated heterocycles. The maximum atomic E-state index is 3.74.